The molecule has 1 aliphatic carbocycles. The molecule has 1 aromatic heterocycles. The molecule has 6 nitrogen and oxygen atoms in total. The fourth-order valence-corrected chi connectivity index (χ4v) is 5.11. The molecule has 0 unspecified atom stereocenters. The molecule has 0 saturated heterocycles. The second-order valence-corrected chi connectivity index (χ2v) is 9.24. The van der Waals surface area contributed by atoms with Crippen molar-refractivity contribution in [2.75, 3.05) is 16.8 Å². The van der Waals surface area contributed by atoms with Gasteiger partial charge in [-0.2, -0.15) is 5.10 Å². The SMILES string of the molecule is Cc1ccc(-n2nc(C(=O)Nc3ccc(C(=O)N4CCc5ccccc54)cc3)c3c2CCC3)cc1. The molecule has 0 saturated carbocycles. The summed E-state index contributed by atoms with van der Waals surface area (Å²) in [6.45, 7) is 2.74. The lowest BCUT2D eigenvalue weighted by Gasteiger charge is -2.17. The van der Waals surface area contributed by atoms with Gasteiger partial charge in [-0.1, -0.05) is 35.9 Å². The molecular weight excluding hydrogens is 436 g/mol. The normalized spacial score (nSPS) is 14.0. The fraction of sp³-hybridized carbons (Fsp3) is 0.207. The molecule has 6 rings (SSSR count). The number of para-hydroxylation sites is 1. The molecule has 2 heterocycles. The lowest BCUT2D eigenvalue weighted by Crippen LogP contribution is -2.28. The molecule has 0 bridgehead atoms. The first kappa shape index (κ1) is 21.4. The zero-order valence-electron chi connectivity index (χ0n) is 19.6. The van der Waals surface area contributed by atoms with Crippen LogP contribution in [0.2, 0.25) is 0 Å². The number of nitrogens with zero attached hydrogens (tertiary/aromatic N) is 3. The van der Waals surface area contributed by atoms with E-state index >= 15 is 0 Å². The van der Waals surface area contributed by atoms with Crippen molar-refractivity contribution in [1.29, 1.82) is 0 Å². The van der Waals surface area contributed by atoms with Crippen LogP contribution in [0.4, 0.5) is 11.4 Å². The number of carbonyl (C=O) groups excluding carboxylic acids is 2. The maximum atomic E-state index is 13.2. The summed E-state index contributed by atoms with van der Waals surface area (Å²) in [4.78, 5) is 28.1. The van der Waals surface area contributed by atoms with Crippen molar-refractivity contribution >= 4 is 23.2 Å². The maximum Gasteiger partial charge on any atom is 0.276 e. The third-order valence-electron chi connectivity index (χ3n) is 6.95. The Morgan fingerprint density at radius 1 is 0.886 bits per heavy atom. The highest BCUT2D eigenvalue weighted by molar-refractivity contribution is 6.08. The summed E-state index contributed by atoms with van der Waals surface area (Å²) < 4.78 is 1.91. The van der Waals surface area contributed by atoms with Crippen LogP contribution in [0.15, 0.2) is 72.8 Å². The summed E-state index contributed by atoms with van der Waals surface area (Å²) in [6, 6.07) is 23.3. The van der Waals surface area contributed by atoms with E-state index in [0.29, 0.717) is 23.5 Å². The first-order valence-electron chi connectivity index (χ1n) is 12.1. The second kappa shape index (κ2) is 8.55. The van der Waals surface area contributed by atoms with E-state index in [-0.39, 0.29) is 11.8 Å². The molecule has 1 N–H and O–H groups in total. The van der Waals surface area contributed by atoms with Crippen LogP contribution in [0.25, 0.3) is 5.69 Å². The molecule has 0 atom stereocenters. The predicted octanol–water partition coefficient (Wildman–Crippen LogP) is 5.12. The predicted molar refractivity (Wildman–Crippen MR) is 137 cm³/mol. The molecule has 2 aliphatic rings. The van der Waals surface area contributed by atoms with Crippen LogP contribution in [0.1, 0.15) is 49.7 Å². The molecule has 4 aromatic rings. The minimum absolute atomic E-state index is 0.0255. The zero-order valence-corrected chi connectivity index (χ0v) is 19.6. The summed E-state index contributed by atoms with van der Waals surface area (Å²) in [7, 11) is 0. The van der Waals surface area contributed by atoms with E-state index in [0.717, 1.165) is 48.3 Å². The van der Waals surface area contributed by atoms with Gasteiger partial charge in [-0.15, -0.1) is 0 Å². The molecule has 0 spiro atoms. The van der Waals surface area contributed by atoms with Gasteiger partial charge in [-0.3, -0.25) is 9.59 Å². The number of nitrogens with one attached hydrogen (secondary N) is 1. The summed E-state index contributed by atoms with van der Waals surface area (Å²) in [5.41, 5.74) is 8.20. The van der Waals surface area contributed by atoms with Gasteiger partial charge in [0, 0.05) is 34.7 Å². The number of benzene rings is 3. The van der Waals surface area contributed by atoms with Crippen molar-refractivity contribution in [3.05, 3.63) is 106 Å². The molecule has 3 aromatic carbocycles. The van der Waals surface area contributed by atoms with Gasteiger partial charge in [0.15, 0.2) is 5.69 Å². The number of amides is 2. The lowest BCUT2D eigenvalue weighted by molar-refractivity contribution is 0.0988. The van der Waals surface area contributed by atoms with E-state index in [1.807, 2.05) is 39.9 Å². The van der Waals surface area contributed by atoms with E-state index in [1.54, 1.807) is 24.3 Å². The Morgan fingerprint density at radius 3 is 2.46 bits per heavy atom. The topological polar surface area (TPSA) is 67.2 Å². The highest BCUT2D eigenvalue weighted by atomic mass is 16.2. The third kappa shape index (κ3) is 3.81. The Morgan fingerprint density at radius 2 is 1.66 bits per heavy atom. The Balaban J connectivity index is 1.21. The van der Waals surface area contributed by atoms with Gasteiger partial charge in [0.05, 0.1) is 5.69 Å². The lowest BCUT2D eigenvalue weighted by atomic mass is 10.1. The van der Waals surface area contributed by atoms with Gasteiger partial charge in [-0.05, 0) is 80.6 Å². The van der Waals surface area contributed by atoms with Gasteiger partial charge < -0.3 is 10.2 Å². The van der Waals surface area contributed by atoms with Gasteiger partial charge in [0.1, 0.15) is 0 Å². The Bertz CT molecular complexity index is 1430. The van der Waals surface area contributed by atoms with Crippen LogP contribution in [-0.4, -0.2) is 28.1 Å². The third-order valence-corrected chi connectivity index (χ3v) is 6.95. The summed E-state index contributed by atoms with van der Waals surface area (Å²) in [5.74, 6) is -0.246. The van der Waals surface area contributed by atoms with Gasteiger partial charge in [0.25, 0.3) is 11.8 Å². The minimum atomic E-state index is -0.221. The van der Waals surface area contributed by atoms with Crippen molar-refractivity contribution in [3.63, 3.8) is 0 Å². The van der Waals surface area contributed by atoms with Crippen LogP contribution < -0.4 is 10.2 Å². The number of carbonyl (C=O) groups is 2. The van der Waals surface area contributed by atoms with Gasteiger partial charge >= 0.3 is 0 Å². The molecule has 2 amide bonds. The van der Waals surface area contributed by atoms with E-state index in [2.05, 4.69) is 30.4 Å². The van der Waals surface area contributed by atoms with Crippen LogP contribution in [0.5, 0.6) is 0 Å². The van der Waals surface area contributed by atoms with E-state index < -0.39 is 0 Å². The standard InChI is InChI=1S/C29H26N4O2/c1-19-9-15-23(16-10-19)33-26-8-4-6-24(26)27(31-33)28(34)30-22-13-11-21(12-14-22)29(35)32-18-17-20-5-2-3-7-25(20)32/h2-3,5,7,9-16H,4,6,8,17-18H2,1H3,(H,30,34). The monoisotopic (exact) mass is 462 g/mol. The molecule has 0 radical (unpaired) electrons. The molecular formula is C29H26N4O2. The van der Waals surface area contributed by atoms with E-state index in [9.17, 15) is 9.59 Å². The Hall–Kier alpha value is -4.19. The van der Waals surface area contributed by atoms with Crippen molar-refractivity contribution in [2.45, 2.75) is 32.6 Å². The molecule has 6 heteroatoms. The fourth-order valence-electron chi connectivity index (χ4n) is 5.11. The average Bonchev–Trinajstić information content (AvgIpc) is 3.60. The maximum absolute atomic E-state index is 13.2. The number of fused-ring (bicyclic) bond motifs is 2. The van der Waals surface area contributed by atoms with E-state index in [1.165, 1.54) is 11.1 Å². The van der Waals surface area contributed by atoms with Crippen molar-refractivity contribution in [1.82, 2.24) is 9.78 Å². The van der Waals surface area contributed by atoms with Crippen molar-refractivity contribution < 1.29 is 9.59 Å². The second-order valence-electron chi connectivity index (χ2n) is 9.24. The number of rotatable bonds is 4. The Labute approximate surface area is 204 Å². The van der Waals surface area contributed by atoms with Crippen LogP contribution >= 0.6 is 0 Å². The molecule has 0 fully saturated rings. The Kier molecular flexibility index (Phi) is 5.21. The number of hydrogen-bond donors (Lipinski definition) is 1. The van der Waals surface area contributed by atoms with Gasteiger partial charge in [-0.25, -0.2) is 4.68 Å². The highest BCUT2D eigenvalue weighted by Gasteiger charge is 2.28. The highest BCUT2D eigenvalue weighted by Crippen LogP contribution is 2.30. The van der Waals surface area contributed by atoms with Gasteiger partial charge in [0.2, 0.25) is 0 Å². The quantitative estimate of drug-likeness (QED) is 0.458. The molecule has 35 heavy (non-hydrogen) atoms. The zero-order chi connectivity index (χ0) is 23.9. The van der Waals surface area contributed by atoms with Crippen LogP contribution in [-0.2, 0) is 19.3 Å². The van der Waals surface area contributed by atoms with Crippen LogP contribution in [0, 0.1) is 6.92 Å². The smallest absolute Gasteiger partial charge is 0.276 e. The number of aromatic nitrogens is 2. The first-order chi connectivity index (χ1) is 17.1. The average molecular weight is 463 g/mol. The summed E-state index contributed by atoms with van der Waals surface area (Å²) in [5, 5.41) is 7.66. The first-order valence-corrected chi connectivity index (χ1v) is 12.1. The summed E-state index contributed by atoms with van der Waals surface area (Å²) in [6.07, 6.45) is 3.67. The molecule has 174 valence electrons. The van der Waals surface area contributed by atoms with Crippen LogP contribution in [0.3, 0.4) is 0 Å². The largest absolute Gasteiger partial charge is 0.321 e. The van der Waals surface area contributed by atoms with E-state index in [4.69, 9.17) is 5.10 Å². The number of anilines is 2. The van der Waals surface area contributed by atoms with Crippen molar-refractivity contribution in [2.24, 2.45) is 0 Å². The summed E-state index contributed by atoms with van der Waals surface area (Å²) >= 11 is 0. The minimum Gasteiger partial charge on any atom is -0.321 e. The van der Waals surface area contributed by atoms with Crippen molar-refractivity contribution in [3.8, 4) is 5.69 Å². The number of aryl methyl sites for hydroxylation is 1. The molecule has 1 aliphatic heterocycles. The number of hydrogen-bond acceptors (Lipinski definition) is 3.